The second kappa shape index (κ2) is 11.0. The quantitative estimate of drug-likeness (QED) is 0.203. The van der Waals surface area contributed by atoms with Crippen LogP contribution in [0.1, 0.15) is 33.6 Å². The van der Waals surface area contributed by atoms with Crippen LogP contribution in [0.15, 0.2) is 30.6 Å². The molecule has 0 aromatic carbocycles. The summed E-state index contributed by atoms with van der Waals surface area (Å²) in [5.41, 5.74) is 1.72. The molecule has 0 saturated heterocycles. The van der Waals surface area contributed by atoms with Crippen LogP contribution in [-0.2, 0) is 16.2 Å². The van der Waals surface area contributed by atoms with Crippen molar-refractivity contribution in [2.75, 3.05) is 6.61 Å². The van der Waals surface area contributed by atoms with E-state index in [-0.39, 0.29) is 17.4 Å². The molecule has 0 unspecified atom stereocenters. The number of nitrogens with zero attached hydrogens (tertiary/aromatic N) is 4. The minimum absolute atomic E-state index is 0.0210. The van der Waals surface area contributed by atoms with Crippen molar-refractivity contribution in [3.8, 4) is 17.1 Å². The highest BCUT2D eigenvalue weighted by atomic mass is 35.5. The predicted molar refractivity (Wildman–Crippen MR) is 147 cm³/mol. The van der Waals surface area contributed by atoms with E-state index in [0.29, 0.717) is 37.7 Å². The van der Waals surface area contributed by atoms with E-state index >= 15 is 0 Å². The van der Waals surface area contributed by atoms with Crippen LogP contribution in [0.2, 0.25) is 31.0 Å². The molecule has 0 atom stereocenters. The molecule has 0 bridgehead atoms. The number of ether oxygens (including phenoxy) is 3. The second-order valence-electron chi connectivity index (χ2n) is 11.6. The first-order chi connectivity index (χ1) is 17.4. The van der Waals surface area contributed by atoms with Crippen LogP contribution in [0.3, 0.4) is 0 Å². The average molecular weight is 546 g/mol. The van der Waals surface area contributed by atoms with Gasteiger partial charge in [0, 0.05) is 51.5 Å². The fraction of sp³-hybridized carbons (Fsp3) is 0.538. The van der Waals surface area contributed by atoms with Crippen molar-refractivity contribution in [1.82, 2.24) is 24.8 Å². The van der Waals surface area contributed by atoms with E-state index in [1.54, 1.807) is 6.20 Å². The third-order valence-electron chi connectivity index (χ3n) is 5.92. The highest BCUT2D eigenvalue weighted by Crippen LogP contribution is 2.37. The Bertz CT molecular complexity index is 1230. The van der Waals surface area contributed by atoms with Crippen molar-refractivity contribution < 1.29 is 19.0 Å². The number of rotatable bonds is 9. The van der Waals surface area contributed by atoms with Gasteiger partial charge in [0.2, 0.25) is 11.2 Å². The lowest BCUT2D eigenvalue weighted by molar-refractivity contribution is 0.0358. The van der Waals surface area contributed by atoms with Crippen molar-refractivity contribution >= 4 is 36.8 Å². The summed E-state index contributed by atoms with van der Waals surface area (Å²) in [5, 5.41) is 3.72. The monoisotopic (exact) mass is 545 g/mol. The Morgan fingerprint density at radius 1 is 1.22 bits per heavy atom. The first kappa shape index (κ1) is 27.3. The maximum absolute atomic E-state index is 12.1. The first-order valence-corrected chi connectivity index (χ1v) is 16.7. The van der Waals surface area contributed by atoms with E-state index in [4.69, 9.17) is 25.8 Å². The van der Waals surface area contributed by atoms with Crippen molar-refractivity contribution in [3.63, 3.8) is 0 Å². The standard InChI is InChI=1S/C26H36ClN5O4Si/c1-26(2,3)36-25(33)29-17-13-18(14-17)35-23-21-19(20-9-7-8-10-28-20)15-32(22(21)30-24(27)31-23)16-34-11-12-37(4,5)6/h7-10,15,17-18H,11-14,16H2,1-6H3,(H,29,33)/t17-,18-. The lowest BCUT2D eigenvalue weighted by atomic mass is 9.89. The Morgan fingerprint density at radius 2 is 1.97 bits per heavy atom. The maximum Gasteiger partial charge on any atom is 0.407 e. The van der Waals surface area contributed by atoms with E-state index in [2.05, 4.69) is 39.9 Å². The van der Waals surface area contributed by atoms with Gasteiger partial charge in [0.1, 0.15) is 18.4 Å². The highest BCUT2D eigenvalue weighted by molar-refractivity contribution is 6.76. The SMILES string of the molecule is CC(C)(C)OC(=O)N[C@H]1C[C@H](Oc2nc(Cl)nc3c2c(-c2ccccn2)cn3COCC[Si](C)(C)C)C1. The number of aromatic nitrogens is 4. The second-order valence-corrected chi connectivity index (χ2v) is 17.6. The molecule has 4 rings (SSSR count). The van der Waals surface area contributed by atoms with Gasteiger partial charge in [-0.05, 0) is 50.5 Å². The molecule has 0 spiro atoms. The van der Waals surface area contributed by atoms with Crippen molar-refractivity contribution in [1.29, 1.82) is 0 Å². The summed E-state index contributed by atoms with van der Waals surface area (Å²) in [7, 11) is -1.20. The Kier molecular flexibility index (Phi) is 8.10. The molecular weight excluding hydrogens is 510 g/mol. The number of fused-ring (bicyclic) bond motifs is 1. The molecular formula is C26H36ClN5O4Si. The molecule has 3 aromatic rings. The van der Waals surface area contributed by atoms with Crippen LogP contribution in [0.25, 0.3) is 22.3 Å². The van der Waals surface area contributed by atoms with Gasteiger partial charge < -0.3 is 24.1 Å². The number of halogens is 1. The number of carbonyl (C=O) groups is 1. The highest BCUT2D eigenvalue weighted by Gasteiger charge is 2.34. The van der Waals surface area contributed by atoms with Crippen LogP contribution in [-0.4, -0.2) is 58.0 Å². The number of hydrogen-bond acceptors (Lipinski definition) is 7. The molecule has 1 aliphatic rings. The molecule has 0 radical (unpaired) electrons. The van der Waals surface area contributed by atoms with Gasteiger partial charge in [0.25, 0.3) is 0 Å². The predicted octanol–water partition coefficient (Wildman–Crippen LogP) is 5.89. The maximum atomic E-state index is 12.1. The number of hydrogen-bond donors (Lipinski definition) is 1. The summed E-state index contributed by atoms with van der Waals surface area (Å²) in [6.07, 6.45) is 4.45. The molecule has 3 heterocycles. The van der Waals surface area contributed by atoms with Crippen molar-refractivity contribution in [2.24, 2.45) is 0 Å². The van der Waals surface area contributed by atoms with Crippen LogP contribution in [0.5, 0.6) is 5.88 Å². The summed E-state index contributed by atoms with van der Waals surface area (Å²) < 4.78 is 19.6. The van der Waals surface area contributed by atoms with E-state index in [1.807, 2.05) is 49.7 Å². The molecule has 200 valence electrons. The minimum atomic E-state index is -1.20. The van der Waals surface area contributed by atoms with E-state index in [0.717, 1.165) is 22.7 Å². The molecule has 37 heavy (non-hydrogen) atoms. The molecule has 1 N–H and O–H groups in total. The summed E-state index contributed by atoms with van der Waals surface area (Å²) in [4.78, 5) is 25.6. The molecule has 1 aliphatic carbocycles. The van der Waals surface area contributed by atoms with Gasteiger partial charge in [-0.25, -0.2) is 4.79 Å². The lowest BCUT2D eigenvalue weighted by Crippen LogP contribution is -2.50. The lowest BCUT2D eigenvalue weighted by Gasteiger charge is -2.35. The smallest absolute Gasteiger partial charge is 0.407 e. The third kappa shape index (κ3) is 7.42. The average Bonchev–Trinajstić information content (AvgIpc) is 3.12. The summed E-state index contributed by atoms with van der Waals surface area (Å²) >= 11 is 6.34. The third-order valence-corrected chi connectivity index (χ3v) is 7.79. The fourth-order valence-corrected chi connectivity index (χ4v) is 4.90. The van der Waals surface area contributed by atoms with E-state index in [1.165, 1.54) is 0 Å². The van der Waals surface area contributed by atoms with Crippen molar-refractivity contribution in [2.45, 2.75) is 83.8 Å². The Hall–Kier alpha value is -2.69. The zero-order valence-corrected chi connectivity index (χ0v) is 24.1. The minimum Gasteiger partial charge on any atom is -0.474 e. The Labute approximate surface area is 223 Å². The van der Waals surface area contributed by atoms with Crippen LogP contribution in [0.4, 0.5) is 4.79 Å². The number of nitrogens with one attached hydrogen (secondary N) is 1. The number of pyridine rings is 1. The van der Waals surface area contributed by atoms with Gasteiger partial charge in [-0.3, -0.25) is 4.98 Å². The largest absolute Gasteiger partial charge is 0.474 e. The zero-order valence-electron chi connectivity index (χ0n) is 22.4. The van der Waals surface area contributed by atoms with Crippen molar-refractivity contribution in [3.05, 3.63) is 35.9 Å². The van der Waals surface area contributed by atoms with Gasteiger partial charge >= 0.3 is 6.09 Å². The van der Waals surface area contributed by atoms with E-state index in [9.17, 15) is 4.79 Å². The molecule has 11 heteroatoms. The van der Waals surface area contributed by atoms with Gasteiger partial charge in [0.15, 0.2) is 5.65 Å². The number of carbonyl (C=O) groups excluding carboxylic acids is 1. The molecule has 1 fully saturated rings. The van der Waals surface area contributed by atoms with Crippen LogP contribution >= 0.6 is 11.6 Å². The molecule has 1 amide bonds. The van der Waals surface area contributed by atoms with Gasteiger partial charge in [-0.1, -0.05) is 25.7 Å². The molecule has 9 nitrogen and oxygen atoms in total. The number of alkyl carbamates (subject to hydrolysis) is 1. The van der Waals surface area contributed by atoms with Crippen LogP contribution in [0, 0.1) is 0 Å². The summed E-state index contributed by atoms with van der Waals surface area (Å²) in [5.74, 6) is 0.400. The molecule has 1 saturated carbocycles. The number of amides is 1. The molecule has 3 aromatic heterocycles. The van der Waals surface area contributed by atoms with E-state index < -0.39 is 19.8 Å². The van der Waals surface area contributed by atoms with Gasteiger partial charge in [-0.15, -0.1) is 0 Å². The van der Waals surface area contributed by atoms with Gasteiger partial charge in [0.05, 0.1) is 11.1 Å². The summed E-state index contributed by atoms with van der Waals surface area (Å²) in [6, 6.07) is 6.80. The zero-order chi connectivity index (χ0) is 26.8. The normalized spacial score (nSPS) is 17.9. The van der Waals surface area contributed by atoms with Crippen LogP contribution < -0.4 is 10.1 Å². The topological polar surface area (TPSA) is 100 Å². The summed E-state index contributed by atoms with van der Waals surface area (Å²) in [6.45, 7) is 13.5. The molecule has 0 aliphatic heterocycles. The fourth-order valence-electron chi connectivity index (χ4n) is 3.98. The Morgan fingerprint density at radius 3 is 2.62 bits per heavy atom. The van der Waals surface area contributed by atoms with Gasteiger partial charge in [-0.2, -0.15) is 9.97 Å². The Balaban J connectivity index is 1.54. The first-order valence-electron chi connectivity index (χ1n) is 12.6.